The Morgan fingerprint density at radius 1 is 1.20 bits per heavy atom. The molecule has 20 heavy (non-hydrogen) atoms. The van der Waals surface area contributed by atoms with E-state index >= 15 is 0 Å². The highest BCUT2D eigenvalue weighted by Gasteiger charge is 2.23. The Hall–Kier alpha value is -2.29. The molecule has 2 heterocycles. The molecule has 1 aliphatic heterocycles. The number of benzene rings is 2. The number of para-hydroxylation sites is 2. The Morgan fingerprint density at radius 3 is 3.00 bits per heavy atom. The number of nitrogens with one attached hydrogen (secondary N) is 1. The number of oxazole rings is 1. The van der Waals surface area contributed by atoms with Crippen LogP contribution in [0.25, 0.3) is 11.1 Å². The summed E-state index contributed by atoms with van der Waals surface area (Å²) in [5, 5.41) is 3.45. The van der Waals surface area contributed by atoms with Crippen LogP contribution in [-0.2, 0) is 6.42 Å². The zero-order chi connectivity index (χ0) is 13.5. The molecule has 2 aromatic carbocycles. The minimum Gasteiger partial charge on any atom is -0.441 e. The van der Waals surface area contributed by atoms with Crippen LogP contribution in [0.15, 0.2) is 46.9 Å². The van der Waals surface area contributed by atoms with Crippen molar-refractivity contribution in [3.05, 3.63) is 59.5 Å². The predicted octanol–water partition coefficient (Wildman–Crippen LogP) is 3.89. The normalized spacial score (nSPS) is 17.1. The Balaban J connectivity index is 1.67. The highest BCUT2D eigenvalue weighted by Crippen LogP contribution is 2.33. The van der Waals surface area contributed by atoms with Gasteiger partial charge in [-0.1, -0.05) is 30.3 Å². The molecule has 0 aliphatic carbocycles. The lowest BCUT2D eigenvalue weighted by Gasteiger charge is -2.06. The lowest BCUT2D eigenvalue weighted by atomic mass is 9.98. The number of aromatic nitrogens is 1. The molecule has 1 unspecified atom stereocenters. The molecule has 0 saturated heterocycles. The lowest BCUT2D eigenvalue weighted by molar-refractivity contribution is 0.507. The molecule has 1 aliphatic rings. The van der Waals surface area contributed by atoms with Crippen molar-refractivity contribution in [1.82, 2.24) is 4.98 Å². The molecular formula is C17H16N2O. The first-order valence-corrected chi connectivity index (χ1v) is 6.99. The Labute approximate surface area is 117 Å². The van der Waals surface area contributed by atoms with Gasteiger partial charge in [0.1, 0.15) is 5.52 Å². The van der Waals surface area contributed by atoms with Crippen LogP contribution in [0, 0.1) is 6.92 Å². The summed E-state index contributed by atoms with van der Waals surface area (Å²) < 4.78 is 5.89. The number of aryl methyl sites for hydroxylation is 1. The molecule has 1 atom stereocenters. The first-order valence-electron chi connectivity index (χ1n) is 6.99. The maximum Gasteiger partial charge on any atom is 0.196 e. The van der Waals surface area contributed by atoms with Gasteiger partial charge in [-0.25, -0.2) is 4.98 Å². The average Bonchev–Trinajstić information content (AvgIpc) is 3.05. The largest absolute Gasteiger partial charge is 0.441 e. The molecule has 0 radical (unpaired) electrons. The molecule has 100 valence electrons. The monoisotopic (exact) mass is 264 g/mol. The maximum atomic E-state index is 5.89. The second-order valence-electron chi connectivity index (χ2n) is 5.40. The van der Waals surface area contributed by atoms with Gasteiger partial charge in [-0.05, 0) is 30.2 Å². The van der Waals surface area contributed by atoms with Crippen molar-refractivity contribution in [2.45, 2.75) is 19.3 Å². The summed E-state index contributed by atoms with van der Waals surface area (Å²) in [6, 6.07) is 14.5. The zero-order valence-electron chi connectivity index (χ0n) is 11.4. The van der Waals surface area contributed by atoms with Crippen molar-refractivity contribution in [1.29, 1.82) is 0 Å². The van der Waals surface area contributed by atoms with Crippen molar-refractivity contribution in [3.63, 3.8) is 0 Å². The van der Waals surface area contributed by atoms with E-state index in [9.17, 15) is 0 Å². The molecule has 4 rings (SSSR count). The lowest BCUT2D eigenvalue weighted by Crippen LogP contribution is -2.05. The third-order valence-electron chi connectivity index (χ3n) is 4.03. The van der Waals surface area contributed by atoms with E-state index in [0.29, 0.717) is 5.92 Å². The van der Waals surface area contributed by atoms with Crippen molar-refractivity contribution < 1.29 is 4.42 Å². The average molecular weight is 264 g/mol. The van der Waals surface area contributed by atoms with Crippen molar-refractivity contribution >= 4 is 16.8 Å². The predicted molar refractivity (Wildman–Crippen MR) is 80.1 cm³/mol. The van der Waals surface area contributed by atoms with Gasteiger partial charge >= 0.3 is 0 Å². The van der Waals surface area contributed by atoms with Crippen LogP contribution in [0.5, 0.6) is 0 Å². The van der Waals surface area contributed by atoms with E-state index in [1.165, 1.54) is 16.8 Å². The van der Waals surface area contributed by atoms with Gasteiger partial charge in [-0.2, -0.15) is 0 Å². The van der Waals surface area contributed by atoms with Gasteiger partial charge in [0.05, 0.1) is 0 Å². The topological polar surface area (TPSA) is 38.1 Å². The van der Waals surface area contributed by atoms with Crippen molar-refractivity contribution in [2.24, 2.45) is 0 Å². The number of hydrogen-bond acceptors (Lipinski definition) is 3. The Kier molecular flexibility index (Phi) is 2.52. The van der Waals surface area contributed by atoms with Crippen LogP contribution in [0.3, 0.4) is 0 Å². The molecule has 0 fully saturated rings. The van der Waals surface area contributed by atoms with Crippen LogP contribution in [0.2, 0.25) is 0 Å². The van der Waals surface area contributed by atoms with E-state index < -0.39 is 0 Å². The summed E-state index contributed by atoms with van der Waals surface area (Å²) in [6.45, 7) is 3.03. The molecule has 1 N–H and O–H groups in total. The van der Waals surface area contributed by atoms with E-state index in [1.54, 1.807) is 0 Å². The van der Waals surface area contributed by atoms with E-state index in [4.69, 9.17) is 4.42 Å². The first kappa shape index (κ1) is 11.5. The van der Waals surface area contributed by atoms with Crippen molar-refractivity contribution in [2.75, 3.05) is 11.9 Å². The molecule has 0 bridgehead atoms. The molecule has 0 spiro atoms. The first-order chi connectivity index (χ1) is 9.81. The van der Waals surface area contributed by atoms with E-state index in [-0.39, 0.29) is 0 Å². The second-order valence-corrected chi connectivity index (χ2v) is 5.40. The van der Waals surface area contributed by atoms with Gasteiger partial charge in [-0.3, -0.25) is 0 Å². The number of nitrogens with zero attached hydrogens (tertiary/aromatic N) is 1. The van der Waals surface area contributed by atoms with E-state index in [2.05, 4.69) is 47.6 Å². The van der Waals surface area contributed by atoms with Crippen LogP contribution in [0.4, 0.5) is 5.69 Å². The number of rotatable bonds is 2. The van der Waals surface area contributed by atoms with Crippen molar-refractivity contribution in [3.8, 4) is 0 Å². The zero-order valence-corrected chi connectivity index (χ0v) is 11.4. The summed E-state index contributed by atoms with van der Waals surface area (Å²) in [6.07, 6.45) is 0.845. The number of anilines is 1. The summed E-state index contributed by atoms with van der Waals surface area (Å²) in [7, 11) is 0. The smallest absolute Gasteiger partial charge is 0.196 e. The molecular weight excluding hydrogens is 248 g/mol. The molecule has 3 heteroatoms. The van der Waals surface area contributed by atoms with Gasteiger partial charge in [-0.15, -0.1) is 0 Å². The quantitative estimate of drug-likeness (QED) is 0.763. The highest BCUT2D eigenvalue weighted by atomic mass is 16.3. The molecule has 0 saturated carbocycles. The van der Waals surface area contributed by atoms with Crippen LogP contribution < -0.4 is 5.32 Å². The molecule has 0 amide bonds. The fourth-order valence-corrected chi connectivity index (χ4v) is 2.97. The third-order valence-corrected chi connectivity index (χ3v) is 4.03. The number of hydrogen-bond donors (Lipinski definition) is 1. The highest BCUT2D eigenvalue weighted by molar-refractivity contribution is 5.76. The summed E-state index contributed by atoms with van der Waals surface area (Å²) in [4.78, 5) is 4.65. The van der Waals surface area contributed by atoms with Crippen LogP contribution in [-0.4, -0.2) is 11.5 Å². The fourth-order valence-electron chi connectivity index (χ4n) is 2.97. The van der Waals surface area contributed by atoms with Gasteiger partial charge < -0.3 is 9.73 Å². The van der Waals surface area contributed by atoms with Gasteiger partial charge in [0.15, 0.2) is 11.5 Å². The summed E-state index contributed by atoms with van der Waals surface area (Å²) in [5.41, 5.74) is 5.65. The molecule has 1 aromatic heterocycles. The Bertz CT molecular complexity index is 776. The summed E-state index contributed by atoms with van der Waals surface area (Å²) in [5.74, 6) is 1.28. The molecule has 3 aromatic rings. The van der Waals surface area contributed by atoms with Crippen LogP contribution >= 0.6 is 0 Å². The minimum absolute atomic E-state index is 0.444. The Morgan fingerprint density at radius 2 is 2.10 bits per heavy atom. The fraction of sp³-hybridized carbons (Fsp3) is 0.235. The van der Waals surface area contributed by atoms with E-state index in [0.717, 1.165) is 30.0 Å². The maximum absolute atomic E-state index is 5.89. The minimum atomic E-state index is 0.444. The van der Waals surface area contributed by atoms with E-state index in [1.807, 2.05) is 12.1 Å². The summed E-state index contributed by atoms with van der Waals surface area (Å²) >= 11 is 0. The van der Waals surface area contributed by atoms with Crippen LogP contribution in [0.1, 0.15) is 22.9 Å². The van der Waals surface area contributed by atoms with Gasteiger partial charge in [0.25, 0.3) is 0 Å². The second kappa shape index (κ2) is 4.37. The van der Waals surface area contributed by atoms with Gasteiger partial charge in [0, 0.05) is 24.6 Å². The van der Waals surface area contributed by atoms with Gasteiger partial charge in [0.2, 0.25) is 0 Å². The molecule has 3 nitrogen and oxygen atoms in total. The number of fused-ring (bicyclic) bond motifs is 2. The SMILES string of the molecule is Cc1cccc2oc(CC3CNc4ccccc43)nc12. The third kappa shape index (κ3) is 1.78. The standard InChI is InChI=1S/C17H16N2O/c1-11-5-4-8-15-17(11)19-16(20-15)9-12-10-18-14-7-3-2-6-13(12)14/h2-8,12,18H,9-10H2,1H3.